The van der Waals surface area contributed by atoms with E-state index in [9.17, 15) is 22.5 Å². The van der Waals surface area contributed by atoms with Gasteiger partial charge in [0.05, 0.1) is 23.1 Å². The molecule has 2 aliphatic heterocycles. The second-order valence-electron chi connectivity index (χ2n) is 9.44. The predicted molar refractivity (Wildman–Crippen MR) is 145 cm³/mol. The van der Waals surface area contributed by atoms with E-state index in [1.807, 2.05) is 36.4 Å². The smallest absolute Gasteiger partial charge is 0.406 e. The number of rotatable bonds is 5. The summed E-state index contributed by atoms with van der Waals surface area (Å²) in [6, 6.07) is 17.4. The molecule has 208 valence electrons. The summed E-state index contributed by atoms with van der Waals surface area (Å²) >= 11 is 6.32. The van der Waals surface area contributed by atoms with Crippen LogP contribution in [0.1, 0.15) is 11.1 Å². The first-order valence-corrected chi connectivity index (χ1v) is 14.3. The molecule has 0 amide bonds. The van der Waals surface area contributed by atoms with Crippen molar-refractivity contribution in [1.82, 2.24) is 10.0 Å². The van der Waals surface area contributed by atoms with Gasteiger partial charge < -0.3 is 20.1 Å². The molecule has 0 spiro atoms. The summed E-state index contributed by atoms with van der Waals surface area (Å²) in [4.78, 5) is 2.29. The lowest BCUT2D eigenvalue weighted by atomic mass is 9.96. The average molecular weight is 581 g/mol. The summed E-state index contributed by atoms with van der Waals surface area (Å²) in [7, 11) is -1.92. The zero-order chi connectivity index (χ0) is 27.8. The number of halogens is 4. The summed E-state index contributed by atoms with van der Waals surface area (Å²) in [6.45, 7) is 0.770. The molecule has 0 saturated carbocycles. The van der Waals surface area contributed by atoms with Crippen LogP contribution in [-0.2, 0) is 22.8 Å². The maximum atomic E-state index is 13.8. The van der Waals surface area contributed by atoms with E-state index in [1.54, 1.807) is 0 Å². The van der Waals surface area contributed by atoms with Crippen molar-refractivity contribution in [3.05, 3.63) is 82.9 Å². The molecule has 0 aliphatic carbocycles. The number of anilines is 2. The first-order chi connectivity index (χ1) is 18.6. The fraction of sp³-hybridized carbons (Fsp3) is 0.333. The number of hydrogen-bond donors (Lipinski definition) is 3. The predicted octanol–water partition coefficient (Wildman–Crippen LogP) is 4.84. The van der Waals surface area contributed by atoms with E-state index in [0.29, 0.717) is 18.1 Å². The van der Waals surface area contributed by atoms with Gasteiger partial charge in [0, 0.05) is 36.5 Å². The summed E-state index contributed by atoms with van der Waals surface area (Å²) in [6.07, 6.45) is -4.21. The Morgan fingerprint density at radius 3 is 2.46 bits per heavy atom. The van der Waals surface area contributed by atoms with E-state index in [2.05, 4.69) is 30.1 Å². The van der Waals surface area contributed by atoms with Gasteiger partial charge in [-0.25, -0.2) is 13.3 Å². The molecule has 3 N–H and O–H groups in total. The van der Waals surface area contributed by atoms with E-state index >= 15 is 0 Å². The third kappa shape index (κ3) is 5.87. The van der Waals surface area contributed by atoms with E-state index in [1.165, 1.54) is 19.2 Å². The molecule has 0 bridgehead atoms. The number of benzene rings is 3. The van der Waals surface area contributed by atoms with Crippen LogP contribution in [0.2, 0.25) is 5.02 Å². The summed E-state index contributed by atoms with van der Waals surface area (Å²) < 4.78 is 62.5. The van der Waals surface area contributed by atoms with Crippen molar-refractivity contribution in [3.8, 4) is 5.75 Å². The Morgan fingerprint density at radius 2 is 1.74 bits per heavy atom. The Kier molecular flexibility index (Phi) is 7.80. The Morgan fingerprint density at radius 1 is 1.05 bits per heavy atom. The Bertz CT molecular complexity index is 1460. The number of hydrogen-bond acceptors (Lipinski definition) is 6. The molecular formula is C27H28ClF3N4O3S. The lowest BCUT2D eigenvalue weighted by Gasteiger charge is -2.43. The topological polar surface area (TPSA) is 86.2 Å². The Balaban J connectivity index is 1.45. The summed E-state index contributed by atoms with van der Waals surface area (Å²) in [5.74, 6) is -0.429. The van der Waals surface area contributed by atoms with Crippen molar-refractivity contribution in [1.29, 1.82) is 0 Å². The first-order valence-electron chi connectivity index (χ1n) is 12.4. The van der Waals surface area contributed by atoms with Crippen LogP contribution in [0.3, 0.4) is 0 Å². The van der Waals surface area contributed by atoms with Gasteiger partial charge >= 0.3 is 6.36 Å². The van der Waals surface area contributed by atoms with Gasteiger partial charge in [-0.15, -0.1) is 13.2 Å². The van der Waals surface area contributed by atoms with E-state index in [0.717, 1.165) is 47.5 Å². The molecular weight excluding hydrogens is 553 g/mol. The van der Waals surface area contributed by atoms with Gasteiger partial charge in [0.1, 0.15) is 15.7 Å². The van der Waals surface area contributed by atoms with Gasteiger partial charge in [0.2, 0.25) is 0 Å². The third-order valence-electron chi connectivity index (χ3n) is 7.02. The zero-order valence-corrected chi connectivity index (χ0v) is 22.6. The van der Waals surface area contributed by atoms with Crippen LogP contribution < -0.4 is 19.7 Å². The standard InChI is InChI=1S/C27H28ClF3N4O3S/c1-32-39(37,21-11-9-20(10-12-21)38-27(29,30)31)34-22-15-33-16-25(26(22)36)35-23-5-3-2-4-17(23)6-7-18-14-19(28)8-13-24(18)35/h2-5,8-14,22,25-26,33,36H,6-7,15-16H2,1H3,(H,32,34,37). The Hall–Kier alpha value is -2.83. The number of para-hydroxylation sites is 1. The van der Waals surface area contributed by atoms with E-state index in [-0.39, 0.29) is 4.90 Å². The highest BCUT2D eigenvalue weighted by molar-refractivity contribution is 7.91. The van der Waals surface area contributed by atoms with Gasteiger partial charge in [-0.2, -0.15) is 0 Å². The number of aryl methyl sites for hydroxylation is 2. The van der Waals surface area contributed by atoms with Crippen molar-refractivity contribution in [2.24, 2.45) is 4.36 Å². The number of piperidine rings is 1. The summed E-state index contributed by atoms with van der Waals surface area (Å²) in [5, 5.41) is 15.6. The van der Waals surface area contributed by atoms with Crippen molar-refractivity contribution in [3.63, 3.8) is 0 Å². The van der Waals surface area contributed by atoms with Gasteiger partial charge in [-0.05, 0) is 72.5 Å². The molecule has 0 aromatic heterocycles. The van der Waals surface area contributed by atoms with Gasteiger partial charge in [0.15, 0.2) is 0 Å². The number of aliphatic hydroxyl groups is 1. The fourth-order valence-electron chi connectivity index (χ4n) is 5.21. The number of fused-ring (bicyclic) bond motifs is 2. The Labute approximate surface area is 230 Å². The molecule has 2 aliphatic rings. The van der Waals surface area contributed by atoms with Crippen molar-refractivity contribution < 1.29 is 27.2 Å². The maximum Gasteiger partial charge on any atom is 0.573 e. The highest BCUT2D eigenvalue weighted by Crippen LogP contribution is 2.40. The van der Waals surface area contributed by atoms with Gasteiger partial charge in [-0.1, -0.05) is 29.8 Å². The SMILES string of the molecule is CN=S(=O)(NC1CNCC(N2c3ccccc3CCc3cc(Cl)ccc32)C1O)c1ccc(OC(F)(F)F)cc1. The molecule has 1 saturated heterocycles. The molecule has 4 atom stereocenters. The van der Waals surface area contributed by atoms with Crippen LogP contribution in [0.15, 0.2) is 76.0 Å². The quantitative estimate of drug-likeness (QED) is 0.402. The second-order valence-corrected chi connectivity index (χ2v) is 12.0. The minimum Gasteiger partial charge on any atom is -0.406 e. The van der Waals surface area contributed by atoms with Crippen molar-refractivity contribution >= 4 is 32.9 Å². The van der Waals surface area contributed by atoms with Crippen molar-refractivity contribution in [2.75, 3.05) is 25.0 Å². The van der Waals surface area contributed by atoms with Crippen LogP contribution >= 0.6 is 11.6 Å². The number of ether oxygens (including phenoxy) is 1. The minimum absolute atomic E-state index is 0.175. The number of nitrogens with zero attached hydrogens (tertiary/aromatic N) is 2. The normalized spacial score (nSPS) is 22.7. The molecule has 5 rings (SSSR count). The van der Waals surface area contributed by atoms with Crippen LogP contribution in [0.4, 0.5) is 24.5 Å². The molecule has 3 aromatic rings. The largest absolute Gasteiger partial charge is 0.573 e. The number of aliphatic hydroxyl groups excluding tert-OH is 1. The molecule has 1 fully saturated rings. The molecule has 7 nitrogen and oxygen atoms in total. The van der Waals surface area contributed by atoms with Crippen molar-refractivity contribution in [2.45, 2.75) is 42.3 Å². The number of nitrogens with one attached hydrogen (secondary N) is 2. The monoisotopic (exact) mass is 580 g/mol. The lowest BCUT2D eigenvalue weighted by molar-refractivity contribution is -0.274. The molecule has 39 heavy (non-hydrogen) atoms. The van der Waals surface area contributed by atoms with Crippen LogP contribution in [0.25, 0.3) is 0 Å². The zero-order valence-electron chi connectivity index (χ0n) is 21.0. The van der Waals surface area contributed by atoms with Crippen LogP contribution in [-0.4, -0.2) is 54.0 Å². The summed E-state index contributed by atoms with van der Waals surface area (Å²) in [5.41, 5.74) is 4.12. The minimum atomic E-state index is -4.83. The van der Waals surface area contributed by atoms with Gasteiger partial charge in [-0.3, -0.25) is 0 Å². The molecule has 0 radical (unpaired) electrons. The lowest BCUT2D eigenvalue weighted by Crippen LogP contribution is -2.64. The number of alkyl halides is 3. The maximum absolute atomic E-state index is 13.8. The third-order valence-corrected chi connectivity index (χ3v) is 9.30. The highest BCUT2D eigenvalue weighted by Gasteiger charge is 2.40. The molecule has 3 aromatic carbocycles. The van der Waals surface area contributed by atoms with Crippen LogP contribution in [0.5, 0.6) is 5.75 Å². The molecule has 4 unspecified atom stereocenters. The molecule has 2 heterocycles. The van der Waals surface area contributed by atoms with E-state index < -0.39 is 40.2 Å². The van der Waals surface area contributed by atoms with Gasteiger partial charge in [0.25, 0.3) is 0 Å². The molecule has 12 heteroatoms. The highest BCUT2D eigenvalue weighted by atomic mass is 35.5. The van der Waals surface area contributed by atoms with E-state index in [4.69, 9.17) is 11.6 Å². The fourth-order valence-corrected chi connectivity index (χ4v) is 7.00. The average Bonchev–Trinajstić information content (AvgIpc) is 3.06. The van der Waals surface area contributed by atoms with Crippen LogP contribution in [0, 0.1) is 0 Å². The first kappa shape index (κ1) is 27.7. The second kappa shape index (κ2) is 11.0.